The molecule has 0 aromatic carbocycles. The van der Waals surface area contributed by atoms with Gasteiger partial charge < -0.3 is 14.4 Å². The van der Waals surface area contributed by atoms with Gasteiger partial charge in [-0.15, -0.1) is 0 Å². The Bertz CT molecular complexity index is 383. The van der Waals surface area contributed by atoms with Crippen LogP contribution in [0.2, 0.25) is 0 Å². The molecule has 2 aliphatic rings. The molecule has 0 unspecified atom stereocenters. The smallest absolute Gasteiger partial charge is 0.410 e. The van der Waals surface area contributed by atoms with Crippen LogP contribution in [0.25, 0.3) is 0 Å². The maximum Gasteiger partial charge on any atom is 0.410 e. The predicted molar refractivity (Wildman–Crippen MR) is 102 cm³/mol. The van der Waals surface area contributed by atoms with Gasteiger partial charge in [0.05, 0.1) is 0 Å². The number of nitrogens with zero attached hydrogens (tertiary/aromatic N) is 1. The third-order valence-corrected chi connectivity index (χ3v) is 3.88. The summed E-state index contributed by atoms with van der Waals surface area (Å²) in [6, 6.07) is 0. The molecule has 0 spiro atoms. The molecule has 1 heterocycles. The second-order valence-corrected chi connectivity index (χ2v) is 8.47. The fourth-order valence-electron chi connectivity index (χ4n) is 2.59. The second-order valence-electron chi connectivity index (χ2n) is 8.47. The van der Waals surface area contributed by atoms with Crippen molar-refractivity contribution in [3.8, 4) is 0 Å². The summed E-state index contributed by atoms with van der Waals surface area (Å²) >= 11 is 0. The first-order valence-corrected chi connectivity index (χ1v) is 9.61. The monoisotopic (exact) mass is 357 g/mol. The van der Waals surface area contributed by atoms with Gasteiger partial charge in [0.2, 0.25) is 0 Å². The number of carbonyl (C=O) groups excluding carboxylic acids is 2. The fraction of sp³-hybridized carbons (Fsp3) is 0.900. The lowest BCUT2D eigenvalue weighted by Crippen LogP contribution is -2.42. The van der Waals surface area contributed by atoms with Crippen molar-refractivity contribution in [2.75, 3.05) is 13.1 Å². The zero-order valence-electron chi connectivity index (χ0n) is 17.6. The van der Waals surface area contributed by atoms with E-state index < -0.39 is 0 Å². The van der Waals surface area contributed by atoms with Gasteiger partial charge in [0, 0.05) is 13.1 Å². The minimum absolute atomic E-state index is 0.137. The average molecular weight is 358 g/mol. The van der Waals surface area contributed by atoms with Crippen LogP contribution in [0, 0.1) is 11.8 Å². The zero-order valence-corrected chi connectivity index (χ0v) is 17.6. The van der Waals surface area contributed by atoms with Crippen LogP contribution in [0.1, 0.15) is 81.1 Å². The Labute approximate surface area is 154 Å². The lowest BCUT2D eigenvalue weighted by atomic mass is 9.92. The number of ether oxygens (including phenoxy) is 2. The highest BCUT2D eigenvalue weighted by Gasteiger charge is 2.35. The fourth-order valence-corrected chi connectivity index (χ4v) is 2.59. The van der Waals surface area contributed by atoms with Gasteiger partial charge in [-0.2, -0.15) is 0 Å². The van der Waals surface area contributed by atoms with Gasteiger partial charge in [0.1, 0.15) is 11.2 Å². The third kappa shape index (κ3) is 11.8. The molecule has 1 saturated heterocycles. The van der Waals surface area contributed by atoms with E-state index in [4.69, 9.17) is 4.74 Å². The molecule has 0 bridgehead atoms. The largest absolute Gasteiger partial charge is 0.462 e. The molecule has 25 heavy (non-hydrogen) atoms. The van der Waals surface area contributed by atoms with E-state index in [1.807, 2.05) is 60.3 Å². The molecular formula is C20H39NO4. The van der Waals surface area contributed by atoms with Gasteiger partial charge in [-0.1, -0.05) is 13.8 Å². The van der Waals surface area contributed by atoms with Crippen molar-refractivity contribution in [3.05, 3.63) is 0 Å². The molecule has 1 saturated carbocycles. The highest BCUT2D eigenvalue weighted by atomic mass is 16.6. The van der Waals surface area contributed by atoms with Crippen molar-refractivity contribution < 1.29 is 19.1 Å². The Balaban J connectivity index is 0.000000544. The standard InChI is InChI=1S/C13H23NO2.C5H10O2.C2H6/c1-13(2,3)16-12(15)14-8-6-11(7-9-14)10-4-5-10;1-5(2,3)7-4-6;1-2/h10-11H,4-9H2,1-3H3;4H,1-3H3;1-2H3. The molecular weight excluding hydrogens is 318 g/mol. The Hall–Kier alpha value is -1.26. The Morgan fingerprint density at radius 1 is 0.880 bits per heavy atom. The van der Waals surface area contributed by atoms with Crippen LogP contribution in [0.15, 0.2) is 0 Å². The lowest BCUT2D eigenvalue weighted by Gasteiger charge is -2.33. The molecule has 5 nitrogen and oxygen atoms in total. The number of carbonyl (C=O) groups is 2. The van der Waals surface area contributed by atoms with E-state index in [1.165, 1.54) is 25.7 Å². The summed E-state index contributed by atoms with van der Waals surface area (Å²) in [5.41, 5.74) is -0.688. The molecule has 2 rings (SSSR count). The molecule has 1 amide bonds. The van der Waals surface area contributed by atoms with Gasteiger partial charge in [0.25, 0.3) is 6.47 Å². The maximum atomic E-state index is 11.8. The molecule has 0 aromatic heterocycles. The Morgan fingerprint density at radius 3 is 1.60 bits per heavy atom. The van der Waals surface area contributed by atoms with Gasteiger partial charge in [-0.3, -0.25) is 4.79 Å². The van der Waals surface area contributed by atoms with Gasteiger partial charge >= 0.3 is 6.09 Å². The van der Waals surface area contributed by atoms with E-state index in [0.717, 1.165) is 24.9 Å². The van der Waals surface area contributed by atoms with Crippen molar-refractivity contribution in [1.82, 2.24) is 4.90 Å². The summed E-state index contributed by atoms with van der Waals surface area (Å²) in [7, 11) is 0. The second kappa shape index (κ2) is 10.7. The Morgan fingerprint density at radius 2 is 1.32 bits per heavy atom. The number of likely N-dealkylation sites (tertiary alicyclic amines) is 1. The SMILES string of the molecule is CC.CC(C)(C)OC(=O)N1CCC(C2CC2)CC1.CC(C)(C)OC=O. The summed E-state index contributed by atoms with van der Waals surface area (Å²) in [5.74, 6) is 1.85. The molecule has 5 heteroatoms. The molecule has 1 aliphatic carbocycles. The molecule has 148 valence electrons. The predicted octanol–water partition coefficient (Wildman–Crippen LogP) is 5.03. The van der Waals surface area contributed by atoms with Crippen molar-refractivity contribution >= 4 is 12.6 Å². The third-order valence-electron chi connectivity index (χ3n) is 3.88. The van der Waals surface area contributed by atoms with Crippen LogP contribution in [0.3, 0.4) is 0 Å². The summed E-state index contributed by atoms with van der Waals surface area (Å²) < 4.78 is 9.92. The summed E-state index contributed by atoms with van der Waals surface area (Å²) in [4.78, 5) is 23.3. The maximum absolute atomic E-state index is 11.8. The molecule has 0 radical (unpaired) electrons. The van der Waals surface area contributed by atoms with Gasteiger partial charge in [-0.25, -0.2) is 4.79 Å². The van der Waals surface area contributed by atoms with Crippen LogP contribution in [-0.2, 0) is 14.3 Å². The number of piperidine rings is 1. The van der Waals surface area contributed by atoms with Gasteiger partial charge in [-0.05, 0) is 79.1 Å². The quantitative estimate of drug-likeness (QED) is 0.651. The summed E-state index contributed by atoms with van der Waals surface area (Å²) in [6.07, 6.45) is 5.03. The van der Waals surface area contributed by atoms with Crippen LogP contribution < -0.4 is 0 Å². The first kappa shape index (κ1) is 23.7. The van der Waals surface area contributed by atoms with Crippen molar-refractivity contribution in [1.29, 1.82) is 0 Å². The highest BCUT2D eigenvalue weighted by Crippen LogP contribution is 2.41. The lowest BCUT2D eigenvalue weighted by molar-refractivity contribution is -0.138. The van der Waals surface area contributed by atoms with E-state index in [0.29, 0.717) is 6.47 Å². The minimum atomic E-state index is -0.371. The topological polar surface area (TPSA) is 55.8 Å². The first-order valence-electron chi connectivity index (χ1n) is 9.61. The van der Waals surface area contributed by atoms with E-state index in [1.54, 1.807) is 0 Å². The molecule has 0 N–H and O–H groups in total. The van der Waals surface area contributed by atoms with Crippen molar-refractivity contribution in [3.63, 3.8) is 0 Å². The number of hydrogen-bond donors (Lipinski definition) is 0. The highest BCUT2D eigenvalue weighted by molar-refractivity contribution is 5.68. The molecule has 0 atom stereocenters. The first-order chi connectivity index (χ1) is 11.5. The van der Waals surface area contributed by atoms with Crippen LogP contribution in [-0.4, -0.2) is 41.8 Å². The van der Waals surface area contributed by atoms with Crippen LogP contribution in [0.4, 0.5) is 4.79 Å². The average Bonchev–Trinajstić information content (AvgIpc) is 3.32. The van der Waals surface area contributed by atoms with Crippen LogP contribution in [0.5, 0.6) is 0 Å². The summed E-state index contributed by atoms with van der Waals surface area (Å²) in [6.45, 7) is 17.4. The summed E-state index contributed by atoms with van der Waals surface area (Å²) in [5, 5.41) is 0. The molecule has 2 fully saturated rings. The van der Waals surface area contributed by atoms with E-state index in [9.17, 15) is 9.59 Å². The normalized spacial score (nSPS) is 18.2. The number of amides is 1. The van der Waals surface area contributed by atoms with E-state index in [2.05, 4.69) is 4.74 Å². The molecule has 0 aromatic rings. The van der Waals surface area contributed by atoms with Crippen molar-refractivity contribution in [2.24, 2.45) is 11.8 Å². The number of rotatable bonds is 2. The zero-order chi connectivity index (χ0) is 19.7. The van der Waals surface area contributed by atoms with E-state index in [-0.39, 0.29) is 17.3 Å². The van der Waals surface area contributed by atoms with E-state index >= 15 is 0 Å². The van der Waals surface area contributed by atoms with Gasteiger partial charge in [0.15, 0.2) is 0 Å². The number of hydrogen-bond acceptors (Lipinski definition) is 4. The van der Waals surface area contributed by atoms with Crippen molar-refractivity contribution in [2.45, 2.75) is 92.3 Å². The molecule has 1 aliphatic heterocycles. The Kier molecular flexibility index (Phi) is 10.1. The minimum Gasteiger partial charge on any atom is -0.462 e. The van der Waals surface area contributed by atoms with Crippen LogP contribution >= 0.6 is 0 Å².